The quantitative estimate of drug-likeness (QED) is 0.858. The molecule has 0 spiro atoms. The van der Waals surface area contributed by atoms with Crippen LogP contribution >= 0.6 is 15.9 Å². The van der Waals surface area contributed by atoms with Crippen LogP contribution in [-0.4, -0.2) is 40.3 Å². The molecular weight excluding hydrogens is 336 g/mol. The fraction of sp³-hybridized carbons (Fsp3) is 0.214. The molecule has 0 fully saturated rings. The van der Waals surface area contributed by atoms with Crippen molar-refractivity contribution in [3.8, 4) is 0 Å². The topological polar surface area (TPSA) is 78.1 Å². The summed E-state index contributed by atoms with van der Waals surface area (Å²) in [6, 6.07) is 6.94. The lowest BCUT2D eigenvalue weighted by molar-refractivity contribution is -0.129. The Hall–Kier alpha value is -2.15. The molecule has 7 heteroatoms. The van der Waals surface area contributed by atoms with Crippen molar-refractivity contribution >= 4 is 27.7 Å². The molecule has 0 atom stereocenters. The zero-order valence-electron chi connectivity index (χ0n) is 11.5. The van der Waals surface area contributed by atoms with Crippen LogP contribution in [0.25, 0.3) is 0 Å². The summed E-state index contributed by atoms with van der Waals surface area (Å²) in [5.74, 6) is 0.240. The molecule has 6 nitrogen and oxygen atoms in total. The number of nitrogens with zero attached hydrogens (tertiary/aromatic N) is 2. The maximum absolute atomic E-state index is 11.9. The van der Waals surface area contributed by atoms with Gasteiger partial charge in [0.05, 0.1) is 13.1 Å². The van der Waals surface area contributed by atoms with Crippen LogP contribution in [0, 0.1) is 0 Å². The minimum atomic E-state index is -0.276. The van der Waals surface area contributed by atoms with Crippen molar-refractivity contribution in [2.24, 2.45) is 0 Å². The maximum atomic E-state index is 11.9. The number of H-pyrrole nitrogens is 1. The van der Waals surface area contributed by atoms with E-state index in [-0.39, 0.29) is 18.4 Å². The lowest BCUT2D eigenvalue weighted by Crippen LogP contribution is -2.38. The highest BCUT2D eigenvalue weighted by Crippen LogP contribution is 2.10. The molecule has 0 aliphatic rings. The van der Waals surface area contributed by atoms with E-state index in [4.69, 9.17) is 0 Å². The molecule has 0 bridgehead atoms. The average molecular weight is 351 g/mol. The summed E-state index contributed by atoms with van der Waals surface area (Å²) in [6.45, 7) is 0.325. The fourth-order valence-electron chi connectivity index (χ4n) is 1.69. The number of halogens is 1. The van der Waals surface area contributed by atoms with Gasteiger partial charge in [0.15, 0.2) is 0 Å². The molecule has 0 aliphatic heterocycles. The largest absolute Gasteiger partial charge is 0.347 e. The summed E-state index contributed by atoms with van der Waals surface area (Å²) in [5.41, 5.74) is 0.514. The van der Waals surface area contributed by atoms with Crippen LogP contribution in [0.4, 0.5) is 0 Å². The zero-order chi connectivity index (χ0) is 15.2. The molecular formula is C14H15BrN4O2. The number of aromatic amines is 1. The molecule has 21 heavy (non-hydrogen) atoms. The predicted molar refractivity (Wildman–Crippen MR) is 81.5 cm³/mol. The van der Waals surface area contributed by atoms with Gasteiger partial charge < -0.3 is 15.2 Å². The molecule has 1 aromatic carbocycles. The second kappa shape index (κ2) is 7.03. The number of carbonyl (C=O) groups is 2. The minimum Gasteiger partial charge on any atom is -0.347 e. The van der Waals surface area contributed by atoms with Crippen molar-refractivity contribution < 1.29 is 9.59 Å². The standard InChI is InChI=1S/C14H15BrN4O2/c1-19(9-12-16-6-7-17-12)13(20)8-18-14(21)10-2-4-11(15)5-3-10/h2-7H,8-9H2,1H3,(H,16,17)(H,18,21). The Balaban J connectivity index is 1.83. The van der Waals surface area contributed by atoms with Crippen LogP contribution in [0.3, 0.4) is 0 Å². The molecule has 0 saturated heterocycles. The van der Waals surface area contributed by atoms with Crippen molar-refractivity contribution in [2.45, 2.75) is 6.54 Å². The van der Waals surface area contributed by atoms with Crippen molar-refractivity contribution in [1.82, 2.24) is 20.2 Å². The first-order valence-electron chi connectivity index (χ1n) is 6.32. The number of imidazole rings is 1. The second-order valence-electron chi connectivity index (χ2n) is 4.48. The number of amides is 2. The zero-order valence-corrected chi connectivity index (χ0v) is 13.1. The van der Waals surface area contributed by atoms with Gasteiger partial charge in [0, 0.05) is 29.5 Å². The SMILES string of the molecule is CN(Cc1ncc[nH]1)C(=O)CNC(=O)c1ccc(Br)cc1. The van der Waals surface area contributed by atoms with E-state index in [1.807, 2.05) is 0 Å². The molecule has 0 aliphatic carbocycles. The highest BCUT2D eigenvalue weighted by Gasteiger charge is 2.12. The van der Waals surface area contributed by atoms with Crippen molar-refractivity contribution in [1.29, 1.82) is 0 Å². The van der Waals surface area contributed by atoms with E-state index >= 15 is 0 Å². The molecule has 2 amide bonds. The van der Waals surface area contributed by atoms with E-state index in [1.54, 1.807) is 43.7 Å². The van der Waals surface area contributed by atoms with Gasteiger partial charge in [-0.3, -0.25) is 9.59 Å². The molecule has 0 saturated carbocycles. The van der Waals surface area contributed by atoms with Gasteiger partial charge in [-0.1, -0.05) is 15.9 Å². The number of benzene rings is 1. The van der Waals surface area contributed by atoms with E-state index < -0.39 is 0 Å². The van der Waals surface area contributed by atoms with E-state index in [2.05, 4.69) is 31.2 Å². The van der Waals surface area contributed by atoms with Gasteiger partial charge in [0.1, 0.15) is 5.82 Å². The fourth-order valence-corrected chi connectivity index (χ4v) is 1.96. The molecule has 110 valence electrons. The Morgan fingerprint density at radius 1 is 1.33 bits per heavy atom. The molecule has 1 aromatic heterocycles. The normalized spacial score (nSPS) is 10.2. The van der Waals surface area contributed by atoms with Gasteiger partial charge >= 0.3 is 0 Å². The van der Waals surface area contributed by atoms with Crippen LogP contribution < -0.4 is 5.32 Å². The van der Waals surface area contributed by atoms with Gasteiger partial charge in [-0.25, -0.2) is 4.98 Å². The van der Waals surface area contributed by atoms with E-state index in [9.17, 15) is 9.59 Å². The van der Waals surface area contributed by atoms with E-state index in [0.717, 1.165) is 4.47 Å². The number of rotatable bonds is 5. The van der Waals surface area contributed by atoms with Crippen molar-refractivity contribution in [3.05, 3.63) is 52.5 Å². The smallest absolute Gasteiger partial charge is 0.251 e. The molecule has 1 heterocycles. The number of hydrogen-bond donors (Lipinski definition) is 2. The Labute approximate surface area is 130 Å². The molecule has 2 aromatic rings. The van der Waals surface area contributed by atoms with Gasteiger partial charge in [0.25, 0.3) is 5.91 Å². The molecule has 2 N–H and O–H groups in total. The summed E-state index contributed by atoms with van der Waals surface area (Å²) in [6.07, 6.45) is 3.33. The summed E-state index contributed by atoms with van der Waals surface area (Å²) >= 11 is 3.30. The number of hydrogen-bond acceptors (Lipinski definition) is 3. The third kappa shape index (κ3) is 4.42. The lowest BCUT2D eigenvalue weighted by atomic mass is 10.2. The summed E-state index contributed by atoms with van der Waals surface area (Å²) in [4.78, 5) is 32.3. The van der Waals surface area contributed by atoms with Crippen LogP contribution in [0.15, 0.2) is 41.1 Å². The minimum absolute atomic E-state index is 0.0495. The van der Waals surface area contributed by atoms with Gasteiger partial charge in [-0.2, -0.15) is 0 Å². The highest BCUT2D eigenvalue weighted by molar-refractivity contribution is 9.10. The second-order valence-corrected chi connectivity index (χ2v) is 5.39. The average Bonchev–Trinajstić information content (AvgIpc) is 2.98. The van der Waals surface area contributed by atoms with Crippen LogP contribution in [0.5, 0.6) is 0 Å². The van der Waals surface area contributed by atoms with Gasteiger partial charge in [-0.15, -0.1) is 0 Å². The first kappa shape index (κ1) is 15.2. The van der Waals surface area contributed by atoms with Crippen molar-refractivity contribution in [3.63, 3.8) is 0 Å². The Morgan fingerprint density at radius 2 is 2.05 bits per heavy atom. The highest BCUT2D eigenvalue weighted by atomic mass is 79.9. The van der Waals surface area contributed by atoms with E-state index in [1.165, 1.54) is 4.90 Å². The first-order valence-corrected chi connectivity index (χ1v) is 7.11. The Kier molecular flexibility index (Phi) is 5.10. The number of nitrogens with one attached hydrogen (secondary N) is 2. The first-order chi connectivity index (χ1) is 10.1. The Bertz CT molecular complexity index is 610. The Morgan fingerprint density at radius 3 is 2.67 bits per heavy atom. The maximum Gasteiger partial charge on any atom is 0.251 e. The summed E-state index contributed by atoms with van der Waals surface area (Å²) < 4.78 is 0.897. The van der Waals surface area contributed by atoms with Crippen LogP contribution in [0.2, 0.25) is 0 Å². The lowest BCUT2D eigenvalue weighted by Gasteiger charge is -2.16. The molecule has 0 unspecified atom stereocenters. The molecule has 0 radical (unpaired) electrons. The van der Waals surface area contributed by atoms with Gasteiger partial charge in [0.2, 0.25) is 5.91 Å². The number of carbonyl (C=O) groups excluding carboxylic acids is 2. The van der Waals surface area contributed by atoms with Crippen molar-refractivity contribution in [2.75, 3.05) is 13.6 Å². The van der Waals surface area contributed by atoms with E-state index in [0.29, 0.717) is 17.9 Å². The summed E-state index contributed by atoms with van der Waals surface area (Å²) in [7, 11) is 1.66. The van der Waals surface area contributed by atoms with Crippen LogP contribution in [0.1, 0.15) is 16.2 Å². The number of likely N-dealkylation sites (N-methyl/N-ethyl adjacent to an activating group) is 1. The third-order valence-corrected chi connectivity index (χ3v) is 3.40. The van der Waals surface area contributed by atoms with Crippen LogP contribution in [-0.2, 0) is 11.3 Å². The number of aromatic nitrogens is 2. The summed E-state index contributed by atoms with van der Waals surface area (Å²) in [5, 5.41) is 2.60. The molecule has 2 rings (SSSR count). The monoisotopic (exact) mass is 350 g/mol. The third-order valence-electron chi connectivity index (χ3n) is 2.87. The van der Waals surface area contributed by atoms with Gasteiger partial charge in [-0.05, 0) is 24.3 Å². The predicted octanol–water partition coefficient (Wildman–Crippen LogP) is 1.56.